The van der Waals surface area contributed by atoms with Gasteiger partial charge in [0.15, 0.2) is 9.84 Å². The molecule has 3 aromatic carbocycles. The van der Waals surface area contributed by atoms with Gasteiger partial charge in [0, 0.05) is 29.0 Å². The number of carboxylic acid groups (broad SMARTS) is 1. The van der Waals surface area contributed by atoms with E-state index in [1.807, 2.05) is 0 Å². The van der Waals surface area contributed by atoms with E-state index in [0.29, 0.717) is 12.1 Å². The van der Waals surface area contributed by atoms with Crippen LogP contribution in [0.4, 0.5) is 26.3 Å². The molecule has 0 atom stereocenters. The van der Waals surface area contributed by atoms with Gasteiger partial charge in [0.05, 0.1) is 16.0 Å². The van der Waals surface area contributed by atoms with E-state index in [4.69, 9.17) is 0 Å². The number of nitrogens with zero attached hydrogens (tertiary/aromatic N) is 1. The van der Waals surface area contributed by atoms with Gasteiger partial charge in [0.1, 0.15) is 0 Å². The Kier molecular flexibility index (Phi) is 7.48. The molecule has 0 spiro atoms. The van der Waals surface area contributed by atoms with Gasteiger partial charge in [-0.2, -0.15) is 26.3 Å². The fourth-order valence-corrected chi connectivity index (χ4v) is 4.85. The Morgan fingerprint density at radius 1 is 0.878 bits per heavy atom. The number of hydrogen-bond acceptors (Lipinski definition) is 5. The Hall–Kier alpha value is -4.23. The topological polar surface area (TPSA) is 105 Å². The first-order valence-electron chi connectivity index (χ1n) is 11.5. The predicted octanol–water partition coefficient (Wildman–Crippen LogP) is 6.24. The highest BCUT2D eigenvalue weighted by molar-refractivity contribution is 7.90. The predicted molar refractivity (Wildman–Crippen MR) is 138 cm³/mol. The van der Waals surface area contributed by atoms with E-state index in [0.717, 1.165) is 6.26 Å². The molecule has 1 aromatic heterocycles. The first-order valence-corrected chi connectivity index (χ1v) is 13.4. The number of sulfone groups is 1. The van der Waals surface area contributed by atoms with Crippen LogP contribution in [0.2, 0.25) is 0 Å². The molecule has 13 heteroatoms. The van der Waals surface area contributed by atoms with Crippen LogP contribution in [0.1, 0.15) is 16.7 Å². The van der Waals surface area contributed by atoms with Gasteiger partial charge in [-0.15, -0.1) is 0 Å². The molecule has 0 aliphatic carbocycles. The van der Waals surface area contributed by atoms with Gasteiger partial charge in [0.2, 0.25) is 0 Å². The smallest absolute Gasteiger partial charge is 0.430 e. The number of pyridine rings is 1. The van der Waals surface area contributed by atoms with E-state index in [1.165, 1.54) is 72.9 Å². The second-order valence-electron chi connectivity index (χ2n) is 9.09. The fraction of sp³-hybridized carbons (Fsp3) is 0.143. The minimum absolute atomic E-state index is 0.0371. The molecule has 4 aromatic rings. The van der Waals surface area contributed by atoms with E-state index in [1.54, 1.807) is 0 Å². The van der Waals surface area contributed by atoms with Crippen molar-refractivity contribution in [1.29, 1.82) is 0 Å². The summed E-state index contributed by atoms with van der Waals surface area (Å²) in [6, 6.07) is 14.3. The third-order valence-electron chi connectivity index (χ3n) is 6.28. The Bertz CT molecular complexity index is 1760. The van der Waals surface area contributed by atoms with Crippen molar-refractivity contribution in [2.24, 2.45) is 0 Å². The van der Waals surface area contributed by atoms with E-state index in [-0.39, 0.29) is 43.6 Å². The number of carbonyl (C=O) groups is 1. The molecule has 214 valence electrons. The van der Waals surface area contributed by atoms with Crippen molar-refractivity contribution in [2.75, 3.05) is 6.26 Å². The molecule has 0 radical (unpaired) electrons. The number of hydrogen-bond donors (Lipinski definition) is 2. The summed E-state index contributed by atoms with van der Waals surface area (Å²) >= 11 is 0. The molecule has 41 heavy (non-hydrogen) atoms. The average molecular weight is 596 g/mol. The molecule has 1 heterocycles. The number of carboxylic acids is 1. The number of aliphatic hydroxyl groups is 1. The van der Waals surface area contributed by atoms with Crippen molar-refractivity contribution in [3.63, 3.8) is 0 Å². The Morgan fingerprint density at radius 2 is 1.51 bits per heavy atom. The van der Waals surface area contributed by atoms with Crippen LogP contribution in [0.25, 0.3) is 33.7 Å². The molecule has 0 fully saturated rings. The lowest BCUT2D eigenvalue weighted by molar-refractivity contribution is -0.376. The third kappa shape index (κ3) is 5.68. The first-order chi connectivity index (χ1) is 18.9. The summed E-state index contributed by atoms with van der Waals surface area (Å²) in [6.07, 6.45) is -8.72. The molecule has 4 rings (SSSR count). The van der Waals surface area contributed by atoms with Crippen LogP contribution in [0.3, 0.4) is 0 Å². The molecule has 0 saturated heterocycles. The summed E-state index contributed by atoms with van der Waals surface area (Å²) < 4.78 is 105. The number of benzene rings is 3. The van der Waals surface area contributed by atoms with Gasteiger partial charge in [0.25, 0.3) is 5.60 Å². The number of alkyl halides is 6. The van der Waals surface area contributed by atoms with Crippen molar-refractivity contribution in [2.45, 2.75) is 22.8 Å². The number of halogens is 6. The summed E-state index contributed by atoms with van der Waals surface area (Å²) in [4.78, 5) is 16.1. The number of rotatable bonds is 6. The lowest BCUT2D eigenvalue weighted by Crippen LogP contribution is -2.53. The van der Waals surface area contributed by atoms with Gasteiger partial charge in [-0.25, -0.2) is 13.2 Å². The van der Waals surface area contributed by atoms with Crippen molar-refractivity contribution in [3.05, 3.63) is 95.7 Å². The minimum Gasteiger partial charge on any atom is -0.478 e. The molecule has 0 aliphatic rings. The number of fused-ring (bicyclic) bond motifs is 1. The standard InChI is InChI=1S/C28H19F6NO5S/c1-41(39,40)21-9-7-17(8-10-21)23(25(36)37)13-16-4-2-5-18(12-16)22-15-20(14-19-6-3-11-35-24(19)22)26(38,27(29,30)31)28(32,33)34/h2-15,38H,1H3,(H,36,37)/b23-13-. The van der Waals surface area contributed by atoms with Crippen LogP contribution in [-0.4, -0.2) is 48.2 Å². The summed E-state index contributed by atoms with van der Waals surface area (Å²) in [6.45, 7) is 0. The van der Waals surface area contributed by atoms with Crippen LogP contribution in [0, 0.1) is 0 Å². The summed E-state index contributed by atoms with van der Waals surface area (Å²) in [5.74, 6) is -1.38. The van der Waals surface area contributed by atoms with Crippen LogP contribution in [-0.2, 0) is 20.2 Å². The largest absolute Gasteiger partial charge is 0.478 e. The Balaban J connectivity index is 1.90. The van der Waals surface area contributed by atoms with E-state index >= 15 is 0 Å². The number of aromatic nitrogens is 1. The van der Waals surface area contributed by atoms with E-state index < -0.39 is 39.3 Å². The molecular formula is C28H19F6NO5S. The maximum Gasteiger partial charge on any atom is 0.430 e. The van der Waals surface area contributed by atoms with Crippen molar-refractivity contribution in [3.8, 4) is 11.1 Å². The average Bonchev–Trinajstić information content (AvgIpc) is 2.89. The second kappa shape index (κ2) is 10.3. The lowest BCUT2D eigenvalue weighted by atomic mass is 9.87. The zero-order chi connectivity index (χ0) is 30.4. The molecule has 6 nitrogen and oxygen atoms in total. The van der Waals surface area contributed by atoms with Gasteiger partial charge in [-0.3, -0.25) is 4.98 Å². The second-order valence-corrected chi connectivity index (χ2v) is 11.1. The maximum absolute atomic E-state index is 13.7. The van der Waals surface area contributed by atoms with Crippen LogP contribution >= 0.6 is 0 Å². The summed E-state index contributed by atoms with van der Waals surface area (Å²) in [7, 11) is -3.54. The van der Waals surface area contributed by atoms with E-state index in [2.05, 4.69) is 4.98 Å². The van der Waals surface area contributed by atoms with Gasteiger partial charge >= 0.3 is 18.3 Å². The highest BCUT2D eigenvalue weighted by atomic mass is 32.2. The van der Waals surface area contributed by atoms with Gasteiger partial charge in [-0.1, -0.05) is 36.4 Å². The van der Waals surface area contributed by atoms with Crippen molar-refractivity contribution >= 4 is 38.4 Å². The quantitative estimate of drug-likeness (QED) is 0.155. The highest BCUT2D eigenvalue weighted by Gasteiger charge is 2.71. The monoisotopic (exact) mass is 595 g/mol. The highest BCUT2D eigenvalue weighted by Crippen LogP contribution is 2.51. The molecule has 0 amide bonds. The molecule has 0 bridgehead atoms. The zero-order valence-corrected chi connectivity index (χ0v) is 21.6. The molecular weight excluding hydrogens is 576 g/mol. The maximum atomic E-state index is 13.7. The fourth-order valence-electron chi connectivity index (χ4n) is 4.22. The van der Waals surface area contributed by atoms with Crippen LogP contribution in [0.15, 0.2) is 83.9 Å². The van der Waals surface area contributed by atoms with Crippen molar-refractivity contribution < 1.29 is 49.8 Å². The zero-order valence-electron chi connectivity index (χ0n) is 20.8. The normalized spacial score (nSPS) is 13.4. The number of aliphatic carboxylic acids is 1. The Labute approximate surface area is 229 Å². The molecule has 0 aliphatic heterocycles. The van der Waals surface area contributed by atoms with Crippen molar-refractivity contribution in [1.82, 2.24) is 4.98 Å². The summed E-state index contributed by atoms with van der Waals surface area (Å²) in [5, 5.41) is 19.7. The molecule has 0 saturated carbocycles. The SMILES string of the molecule is CS(=O)(=O)c1ccc(/C(=C/c2cccc(-c3cc(C(O)(C(F)(F)F)C(F)(F)F)cc4cccnc34)c2)C(=O)O)cc1. The minimum atomic E-state index is -6.11. The van der Waals surface area contributed by atoms with Gasteiger partial charge in [-0.05, 0) is 59.2 Å². The van der Waals surface area contributed by atoms with Gasteiger partial charge < -0.3 is 10.2 Å². The van der Waals surface area contributed by atoms with E-state index in [9.17, 15) is 49.8 Å². The Morgan fingerprint density at radius 3 is 2.07 bits per heavy atom. The first kappa shape index (κ1) is 29.7. The van der Waals surface area contributed by atoms with Crippen LogP contribution < -0.4 is 0 Å². The lowest BCUT2D eigenvalue weighted by Gasteiger charge is -2.33. The molecule has 0 unspecified atom stereocenters. The molecule has 2 N–H and O–H groups in total. The third-order valence-corrected chi connectivity index (χ3v) is 7.40. The van der Waals surface area contributed by atoms with Crippen LogP contribution in [0.5, 0.6) is 0 Å². The summed E-state index contributed by atoms with van der Waals surface area (Å²) in [5.41, 5.74) is -6.59.